The summed E-state index contributed by atoms with van der Waals surface area (Å²) in [4.78, 5) is 4.58. The smallest absolute Gasteiger partial charge is 0.203 e. The van der Waals surface area contributed by atoms with Gasteiger partial charge in [0, 0.05) is 26.0 Å². The summed E-state index contributed by atoms with van der Waals surface area (Å²) < 4.78 is 6.93. The molecule has 4 rings (SSSR count). The van der Waals surface area contributed by atoms with Crippen LogP contribution in [0.4, 0.5) is 5.13 Å². The van der Waals surface area contributed by atoms with E-state index in [4.69, 9.17) is 16.3 Å². The Kier molecular flexibility index (Phi) is 6.79. The van der Waals surface area contributed by atoms with Crippen molar-refractivity contribution in [2.45, 2.75) is 6.61 Å². The predicted octanol–water partition coefficient (Wildman–Crippen LogP) is 7.25. The number of aromatic nitrogens is 1. The lowest BCUT2D eigenvalue weighted by Gasteiger charge is -2.10. The van der Waals surface area contributed by atoms with Crippen molar-refractivity contribution in [2.24, 2.45) is 5.10 Å². The number of anilines is 1. The van der Waals surface area contributed by atoms with Gasteiger partial charge in [0.05, 0.1) is 11.9 Å². The monoisotopic (exact) mass is 497 g/mol. The van der Waals surface area contributed by atoms with Gasteiger partial charge >= 0.3 is 0 Å². The average Bonchev–Trinajstić information content (AvgIpc) is 3.23. The number of hydrogen-bond donors (Lipinski definition) is 1. The standard InChI is InChI=1S/C23H17BrClN3OS/c24-19-9-10-22(29-14-16-5-4-8-20(25)11-16)18(12-19)13-26-28-23-27-21(15-30-23)17-6-2-1-3-7-17/h1-13,15H,14H2,(H,27,28). The molecule has 0 unspecified atom stereocenters. The van der Waals surface area contributed by atoms with E-state index in [0.29, 0.717) is 11.6 Å². The highest BCUT2D eigenvalue weighted by Gasteiger charge is 2.06. The third-order valence-electron chi connectivity index (χ3n) is 4.19. The molecule has 1 aromatic heterocycles. The highest BCUT2D eigenvalue weighted by molar-refractivity contribution is 9.10. The quantitative estimate of drug-likeness (QED) is 0.216. The van der Waals surface area contributed by atoms with Gasteiger partial charge in [0.1, 0.15) is 12.4 Å². The van der Waals surface area contributed by atoms with Crippen molar-refractivity contribution in [1.82, 2.24) is 4.98 Å². The molecular weight excluding hydrogens is 482 g/mol. The minimum atomic E-state index is 0.420. The molecule has 0 atom stereocenters. The van der Waals surface area contributed by atoms with Crippen LogP contribution in [0.2, 0.25) is 5.02 Å². The number of nitrogens with one attached hydrogen (secondary N) is 1. The van der Waals surface area contributed by atoms with Crippen molar-refractivity contribution in [2.75, 3.05) is 5.43 Å². The van der Waals surface area contributed by atoms with Crippen LogP contribution in [0.25, 0.3) is 11.3 Å². The van der Waals surface area contributed by atoms with E-state index in [0.717, 1.165) is 37.7 Å². The average molecular weight is 499 g/mol. The number of hydrazone groups is 1. The first-order valence-corrected chi connectivity index (χ1v) is 11.2. The van der Waals surface area contributed by atoms with Gasteiger partial charge in [0.15, 0.2) is 0 Å². The van der Waals surface area contributed by atoms with Crippen LogP contribution in [0.5, 0.6) is 5.75 Å². The largest absolute Gasteiger partial charge is 0.488 e. The lowest BCUT2D eigenvalue weighted by Crippen LogP contribution is -1.99. The molecule has 1 heterocycles. The van der Waals surface area contributed by atoms with Crippen LogP contribution >= 0.6 is 38.9 Å². The Morgan fingerprint density at radius 3 is 2.77 bits per heavy atom. The Bertz CT molecular complexity index is 1160. The molecular formula is C23H17BrClN3OS. The molecule has 0 saturated heterocycles. The summed E-state index contributed by atoms with van der Waals surface area (Å²) in [5.74, 6) is 0.729. The Labute approximate surface area is 192 Å². The van der Waals surface area contributed by atoms with Gasteiger partial charge in [-0.1, -0.05) is 70.0 Å². The van der Waals surface area contributed by atoms with Crippen LogP contribution in [-0.4, -0.2) is 11.2 Å². The van der Waals surface area contributed by atoms with Crippen LogP contribution in [0.15, 0.2) is 87.8 Å². The minimum absolute atomic E-state index is 0.420. The molecule has 0 amide bonds. The topological polar surface area (TPSA) is 46.5 Å². The molecule has 1 N–H and O–H groups in total. The second-order valence-electron chi connectivity index (χ2n) is 6.37. The van der Waals surface area contributed by atoms with Crippen LogP contribution in [0.3, 0.4) is 0 Å². The molecule has 0 aliphatic carbocycles. The van der Waals surface area contributed by atoms with Crippen molar-refractivity contribution in [3.8, 4) is 17.0 Å². The molecule has 0 saturated carbocycles. The molecule has 4 nitrogen and oxygen atoms in total. The molecule has 0 bridgehead atoms. The predicted molar refractivity (Wildman–Crippen MR) is 129 cm³/mol. The third kappa shape index (κ3) is 5.48. The van der Waals surface area contributed by atoms with Crippen molar-refractivity contribution in [3.05, 3.63) is 98.8 Å². The van der Waals surface area contributed by atoms with Crippen molar-refractivity contribution in [3.63, 3.8) is 0 Å². The lowest BCUT2D eigenvalue weighted by molar-refractivity contribution is 0.306. The number of halogens is 2. The molecule has 7 heteroatoms. The zero-order valence-corrected chi connectivity index (χ0v) is 18.9. The summed E-state index contributed by atoms with van der Waals surface area (Å²) in [6.07, 6.45) is 1.72. The maximum atomic E-state index is 6.05. The summed E-state index contributed by atoms with van der Waals surface area (Å²) >= 11 is 11.1. The van der Waals surface area contributed by atoms with Gasteiger partial charge < -0.3 is 4.74 Å². The zero-order valence-electron chi connectivity index (χ0n) is 15.8. The van der Waals surface area contributed by atoms with Crippen LogP contribution in [0.1, 0.15) is 11.1 Å². The molecule has 0 spiro atoms. The van der Waals surface area contributed by atoms with Crippen molar-refractivity contribution >= 4 is 50.2 Å². The maximum absolute atomic E-state index is 6.05. The highest BCUT2D eigenvalue weighted by atomic mass is 79.9. The minimum Gasteiger partial charge on any atom is -0.488 e. The van der Waals surface area contributed by atoms with Crippen molar-refractivity contribution < 1.29 is 4.74 Å². The number of ether oxygens (including phenoxy) is 1. The second kappa shape index (κ2) is 9.89. The molecule has 3 aromatic carbocycles. The molecule has 30 heavy (non-hydrogen) atoms. The Morgan fingerprint density at radius 1 is 1.07 bits per heavy atom. The molecule has 0 aliphatic rings. The van der Waals surface area contributed by atoms with Crippen LogP contribution in [-0.2, 0) is 6.61 Å². The summed E-state index contributed by atoms with van der Waals surface area (Å²) in [6.45, 7) is 0.420. The van der Waals surface area contributed by atoms with Crippen molar-refractivity contribution in [1.29, 1.82) is 0 Å². The maximum Gasteiger partial charge on any atom is 0.203 e. The fraction of sp³-hybridized carbons (Fsp3) is 0.0435. The normalized spacial score (nSPS) is 11.0. The number of thiazole rings is 1. The zero-order chi connectivity index (χ0) is 20.8. The summed E-state index contributed by atoms with van der Waals surface area (Å²) in [6, 6.07) is 23.5. The summed E-state index contributed by atoms with van der Waals surface area (Å²) in [5.41, 5.74) is 6.85. The Balaban J connectivity index is 1.44. The summed E-state index contributed by atoms with van der Waals surface area (Å²) in [5, 5.41) is 7.76. The first kappa shape index (κ1) is 20.6. The molecule has 150 valence electrons. The van der Waals surface area contributed by atoms with E-state index in [1.54, 1.807) is 6.21 Å². The summed E-state index contributed by atoms with van der Waals surface area (Å²) in [7, 11) is 0. The first-order chi connectivity index (χ1) is 14.7. The highest BCUT2D eigenvalue weighted by Crippen LogP contribution is 2.26. The Morgan fingerprint density at radius 2 is 1.93 bits per heavy atom. The van der Waals surface area contributed by atoms with Crippen LogP contribution in [0, 0.1) is 0 Å². The Hall–Kier alpha value is -2.67. The van der Waals surface area contributed by atoms with E-state index in [1.165, 1.54) is 11.3 Å². The number of hydrogen-bond acceptors (Lipinski definition) is 5. The second-order valence-corrected chi connectivity index (χ2v) is 8.58. The molecule has 0 radical (unpaired) electrons. The van der Waals surface area contributed by atoms with E-state index in [-0.39, 0.29) is 0 Å². The van der Waals surface area contributed by atoms with Gasteiger partial charge in [-0.15, -0.1) is 11.3 Å². The number of nitrogens with zero attached hydrogens (tertiary/aromatic N) is 2. The van der Waals surface area contributed by atoms with Gasteiger partial charge in [-0.25, -0.2) is 4.98 Å². The van der Waals surface area contributed by atoms with Gasteiger partial charge in [0.2, 0.25) is 5.13 Å². The SMILES string of the molecule is Clc1cccc(COc2ccc(Br)cc2C=NNc2nc(-c3ccccc3)cs2)c1. The van der Waals surface area contributed by atoms with E-state index >= 15 is 0 Å². The van der Waals surface area contributed by atoms with E-state index in [9.17, 15) is 0 Å². The van der Waals surface area contributed by atoms with Gasteiger partial charge in [0.25, 0.3) is 0 Å². The molecule has 4 aromatic rings. The fourth-order valence-corrected chi connectivity index (χ4v) is 4.02. The number of benzene rings is 3. The lowest BCUT2D eigenvalue weighted by atomic mass is 10.2. The third-order valence-corrected chi connectivity index (χ3v) is 5.67. The van der Waals surface area contributed by atoms with E-state index < -0.39 is 0 Å². The van der Waals surface area contributed by atoms with Gasteiger partial charge in [-0.05, 0) is 35.9 Å². The number of rotatable bonds is 7. The molecule has 0 aliphatic heterocycles. The van der Waals surface area contributed by atoms with Crippen LogP contribution < -0.4 is 10.2 Å². The van der Waals surface area contributed by atoms with Gasteiger partial charge in [-0.3, -0.25) is 5.43 Å². The van der Waals surface area contributed by atoms with Gasteiger partial charge in [-0.2, -0.15) is 5.10 Å². The molecule has 0 fully saturated rings. The first-order valence-electron chi connectivity index (χ1n) is 9.14. The fourth-order valence-electron chi connectivity index (χ4n) is 2.76. The van der Waals surface area contributed by atoms with E-state index in [2.05, 4.69) is 31.4 Å². The van der Waals surface area contributed by atoms with E-state index in [1.807, 2.05) is 78.2 Å².